The number of morpholine rings is 1. The summed E-state index contributed by atoms with van der Waals surface area (Å²) < 4.78 is 11.0. The molecule has 1 aliphatic heterocycles. The fraction of sp³-hybridized carbons (Fsp3) is 0.933. The van der Waals surface area contributed by atoms with Gasteiger partial charge in [0, 0.05) is 31.7 Å². The van der Waals surface area contributed by atoms with E-state index in [0.717, 1.165) is 13.1 Å². The van der Waals surface area contributed by atoms with Crippen molar-refractivity contribution >= 4 is 6.09 Å². The second kappa shape index (κ2) is 6.94. The van der Waals surface area contributed by atoms with Crippen molar-refractivity contribution in [2.24, 2.45) is 5.73 Å². The number of hydrogen-bond donors (Lipinski definition) is 2. The lowest BCUT2D eigenvalue weighted by Crippen LogP contribution is -2.60. The Balaban J connectivity index is 2.60. The van der Waals surface area contributed by atoms with Crippen LogP contribution in [0.2, 0.25) is 0 Å². The van der Waals surface area contributed by atoms with Crippen molar-refractivity contribution in [2.45, 2.75) is 64.8 Å². The molecule has 0 saturated carbocycles. The summed E-state index contributed by atoms with van der Waals surface area (Å²) >= 11 is 0. The van der Waals surface area contributed by atoms with Crippen LogP contribution in [-0.2, 0) is 9.47 Å². The highest BCUT2D eigenvalue weighted by Gasteiger charge is 2.33. The highest BCUT2D eigenvalue weighted by atomic mass is 16.6. The molecular weight excluding hydrogens is 270 g/mol. The van der Waals surface area contributed by atoms with Crippen molar-refractivity contribution in [1.82, 2.24) is 10.2 Å². The van der Waals surface area contributed by atoms with Crippen LogP contribution in [0, 0.1) is 0 Å². The van der Waals surface area contributed by atoms with E-state index in [4.69, 9.17) is 15.2 Å². The molecule has 0 aromatic carbocycles. The first kappa shape index (κ1) is 18.2. The maximum absolute atomic E-state index is 11.9. The Labute approximate surface area is 128 Å². The summed E-state index contributed by atoms with van der Waals surface area (Å²) in [6, 6.07) is -0.0144. The van der Waals surface area contributed by atoms with E-state index in [2.05, 4.69) is 24.1 Å². The van der Waals surface area contributed by atoms with Gasteiger partial charge in [-0.2, -0.15) is 0 Å². The third-order valence-corrected chi connectivity index (χ3v) is 3.49. The van der Waals surface area contributed by atoms with Crippen molar-refractivity contribution in [1.29, 1.82) is 0 Å². The molecule has 1 heterocycles. The Morgan fingerprint density at radius 2 is 2.10 bits per heavy atom. The number of rotatable bonds is 4. The minimum Gasteiger partial charge on any atom is -0.444 e. The Bertz CT molecular complexity index is 353. The number of nitrogens with one attached hydrogen (secondary N) is 1. The van der Waals surface area contributed by atoms with Crippen LogP contribution in [0.3, 0.4) is 0 Å². The number of carbonyl (C=O) groups excluding carboxylic acids is 1. The third-order valence-electron chi connectivity index (χ3n) is 3.49. The molecule has 0 aliphatic carbocycles. The fourth-order valence-corrected chi connectivity index (χ4v) is 2.60. The zero-order valence-electron chi connectivity index (χ0n) is 14.2. The van der Waals surface area contributed by atoms with E-state index in [1.165, 1.54) is 0 Å². The smallest absolute Gasteiger partial charge is 0.407 e. The van der Waals surface area contributed by atoms with Gasteiger partial charge >= 0.3 is 6.09 Å². The lowest BCUT2D eigenvalue weighted by atomic mass is 10.0. The van der Waals surface area contributed by atoms with E-state index < -0.39 is 11.7 Å². The van der Waals surface area contributed by atoms with E-state index in [9.17, 15) is 4.79 Å². The van der Waals surface area contributed by atoms with Gasteiger partial charge in [0.1, 0.15) is 5.60 Å². The van der Waals surface area contributed by atoms with Crippen LogP contribution in [0.5, 0.6) is 0 Å². The zero-order valence-corrected chi connectivity index (χ0v) is 14.2. The Hall–Kier alpha value is -0.850. The molecule has 0 spiro atoms. The fourth-order valence-electron chi connectivity index (χ4n) is 2.60. The molecule has 124 valence electrons. The van der Waals surface area contributed by atoms with Gasteiger partial charge in [-0.3, -0.25) is 4.90 Å². The van der Waals surface area contributed by atoms with Gasteiger partial charge in [0.25, 0.3) is 0 Å². The average Bonchev–Trinajstić information content (AvgIpc) is 2.25. The van der Waals surface area contributed by atoms with Crippen molar-refractivity contribution in [3.8, 4) is 0 Å². The van der Waals surface area contributed by atoms with Gasteiger partial charge in [-0.05, 0) is 41.5 Å². The number of alkyl carbamates (subject to hydrolysis) is 1. The summed E-state index contributed by atoms with van der Waals surface area (Å²) in [6.45, 7) is 14.4. The molecule has 21 heavy (non-hydrogen) atoms. The molecule has 2 atom stereocenters. The van der Waals surface area contributed by atoms with Crippen LogP contribution in [0.25, 0.3) is 0 Å². The second-order valence-electron chi connectivity index (χ2n) is 7.32. The van der Waals surface area contributed by atoms with Crippen molar-refractivity contribution in [2.75, 3.05) is 26.2 Å². The predicted molar refractivity (Wildman–Crippen MR) is 83.3 cm³/mol. The van der Waals surface area contributed by atoms with Gasteiger partial charge in [0.05, 0.1) is 12.2 Å². The molecule has 0 aromatic heterocycles. The molecular formula is C15H31N3O3. The standard InChI is InChI=1S/C15H31N3O3/c1-11(17-13(19)21-14(2,3)4)12(9-16)18-7-8-20-15(5,6)10-18/h11-12H,7-10,16H2,1-6H3,(H,17,19). The van der Waals surface area contributed by atoms with E-state index >= 15 is 0 Å². The SMILES string of the molecule is CC(NC(=O)OC(C)(C)C)C(CN)N1CCOC(C)(C)C1. The molecule has 1 amide bonds. The molecule has 0 radical (unpaired) electrons. The highest BCUT2D eigenvalue weighted by Crippen LogP contribution is 2.19. The van der Waals surface area contributed by atoms with Crippen LogP contribution in [0.1, 0.15) is 41.5 Å². The minimum absolute atomic E-state index is 0.0701. The van der Waals surface area contributed by atoms with Crippen LogP contribution in [-0.4, -0.2) is 60.5 Å². The normalized spacial score (nSPS) is 22.4. The molecule has 6 nitrogen and oxygen atoms in total. The Morgan fingerprint density at radius 1 is 1.48 bits per heavy atom. The molecule has 1 fully saturated rings. The number of nitrogens with two attached hydrogens (primary N) is 1. The van der Waals surface area contributed by atoms with Gasteiger partial charge in [-0.25, -0.2) is 4.79 Å². The van der Waals surface area contributed by atoms with Gasteiger partial charge < -0.3 is 20.5 Å². The van der Waals surface area contributed by atoms with Crippen LogP contribution in [0.4, 0.5) is 4.79 Å². The maximum atomic E-state index is 11.9. The lowest BCUT2D eigenvalue weighted by Gasteiger charge is -2.43. The zero-order chi connectivity index (χ0) is 16.3. The predicted octanol–water partition coefficient (Wildman–Crippen LogP) is 1.34. The molecule has 1 aliphatic rings. The van der Waals surface area contributed by atoms with Gasteiger partial charge in [0.2, 0.25) is 0 Å². The monoisotopic (exact) mass is 301 g/mol. The number of carbonyl (C=O) groups is 1. The van der Waals surface area contributed by atoms with E-state index in [-0.39, 0.29) is 17.7 Å². The summed E-state index contributed by atoms with van der Waals surface area (Å²) in [5.74, 6) is 0. The molecule has 3 N–H and O–H groups in total. The van der Waals surface area contributed by atoms with E-state index in [1.807, 2.05) is 27.7 Å². The average molecular weight is 301 g/mol. The first-order valence-corrected chi connectivity index (χ1v) is 7.62. The molecule has 1 rings (SSSR count). The summed E-state index contributed by atoms with van der Waals surface area (Å²) in [5.41, 5.74) is 5.24. The summed E-state index contributed by atoms with van der Waals surface area (Å²) in [5, 5.41) is 2.89. The molecule has 6 heteroatoms. The minimum atomic E-state index is -0.497. The van der Waals surface area contributed by atoms with Crippen LogP contribution >= 0.6 is 0 Å². The largest absolute Gasteiger partial charge is 0.444 e. The number of nitrogens with zero attached hydrogens (tertiary/aromatic N) is 1. The molecule has 2 unspecified atom stereocenters. The third kappa shape index (κ3) is 6.20. The van der Waals surface area contributed by atoms with E-state index in [0.29, 0.717) is 13.2 Å². The summed E-state index contributed by atoms with van der Waals surface area (Å²) in [7, 11) is 0. The number of amides is 1. The van der Waals surface area contributed by atoms with Crippen molar-refractivity contribution < 1.29 is 14.3 Å². The Kier molecular flexibility index (Phi) is 6.01. The first-order chi connectivity index (χ1) is 9.54. The number of ether oxygens (including phenoxy) is 2. The first-order valence-electron chi connectivity index (χ1n) is 7.62. The maximum Gasteiger partial charge on any atom is 0.407 e. The quantitative estimate of drug-likeness (QED) is 0.819. The van der Waals surface area contributed by atoms with Crippen molar-refractivity contribution in [3.63, 3.8) is 0 Å². The van der Waals surface area contributed by atoms with Gasteiger partial charge in [0.15, 0.2) is 0 Å². The number of hydrogen-bond acceptors (Lipinski definition) is 5. The van der Waals surface area contributed by atoms with E-state index in [1.54, 1.807) is 0 Å². The highest BCUT2D eigenvalue weighted by molar-refractivity contribution is 5.68. The van der Waals surface area contributed by atoms with Gasteiger partial charge in [-0.15, -0.1) is 0 Å². The van der Waals surface area contributed by atoms with Crippen LogP contribution in [0.15, 0.2) is 0 Å². The van der Waals surface area contributed by atoms with Crippen LogP contribution < -0.4 is 11.1 Å². The topological polar surface area (TPSA) is 76.8 Å². The molecule has 1 saturated heterocycles. The molecule has 0 bridgehead atoms. The Morgan fingerprint density at radius 3 is 2.57 bits per heavy atom. The summed E-state index contributed by atoms with van der Waals surface area (Å²) in [4.78, 5) is 14.2. The van der Waals surface area contributed by atoms with Gasteiger partial charge in [-0.1, -0.05) is 0 Å². The van der Waals surface area contributed by atoms with Crippen molar-refractivity contribution in [3.05, 3.63) is 0 Å². The lowest BCUT2D eigenvalue weighted by molar-refractivity contribution is -0.0987. The molecule has 0 aromatic rings. The summed E-state index contributed by atoms with van der Waals surface area (Å²) in [6.07, 6.45) is -0.402. The second-order valence-corrected chi connectivity index (χ2v) is 7.32.